The van der Waals surface area contributed by atoms with Gasteiger partial charge in [-0.3, -0.25) is 14.3 Å². The predicted molar refractivity (Wildman–Crippen MR) is 102 cm³/mol. The molecule has 0 bridgehead atoms. The summed E-state index contributed by atoms with van der Waals surface area (Å²) >= 11 is 0.788. The van der Waals surface area contributed by atoms with E-state index in [0.29, 0.717) is 27.8 Å². The maximum absolute atomic E-state index is 13.1. The Morgan fingerprint density at radius 3 is 2.69 bits per heavy atom. The van der Waals surface area contributed by atoms with Gasteiger partial charge in [0.15, 0.2) is 10.3 Å². The van der Waals surface area contributed by atoms with Crippen molar-refractivity contribution in [2.45, 2.75) is 37.6 Å². The predicted octanol–water partition coefficient (Wildman–Crippen LogP) is 4.02. The number of halogens is 1. The van der Waals surface area contributed by atoms with Gasteiger partial charge >= 0.3 is 0 Å². The fourth-order valence-corrected chi connectivity index (χ4v) is 4.19. The molecule has 0 aliphatic heterocycles. The zero-order valence-electron chi connectivity index (χ0n) is 14.4. The van der Waals surface area contributed by atoms with Crippen LogP contribution in [0.25, 0.3) is 5.57 Å². The molecule has 26 heavy (non-hydrogen) atoms. The summed E-state index contributed by atoms with van der Waals surface area (Å²) in [5.74, 6) is 0.498. The van der Waals surface area contributed by atoms with E-state index in [1.54, 1.807) is 18.3 Å². The van der Waals surface area contributed by atoms with Gasteiger partial charge in [0, 0.05) is 23.1 Å². The molecule has 0 radical (unpaired) electrons. The number of anilines is 1. The average Bonchev–Trinajstić information content (AvgIpc) is 3.30. The van der Waals surface area contributed by atoms with Crippen LogP contribution in [0.5, 0.6) is 0 Å². The van der Waals surface area contributed by atoms with Gasteiger partial charge in [-0.2, -0.15) is 4.39 Å². The number of carbonyl (C=O) groups is 1. The van der Waals surface area contributed by atoms with E-state index in [0.717, 1.165) is 43.2 Å². The van der Waals surface area contributed by atoms with E-state index in [9.17, 15) is 13.4 Å². The third-order valence-electron chi connectivity index (χ3n) is 4.29. The number of carbonyl (C=O) groups excluding carboxylic acids is 1. The standard InChI is InChI=1S/C18H20FN3O2S2/c1-2-26(24)16-8-7-13(10-20-16)14(9-12-5-3-4-6-12)17(23)22-18-21-11-15(19)25-18/h7-12H,2-6H2,1H3,(H,21,22,23)/b14-9+. The van der Waals surface area contributed by atoms with Gasteiger partial charge in [0.2, 0.25) is 0 Å². The monoisotopic (exact) mass is 393 g/mol. The molecule has 1 aliphatic rings. The lowest BCUT2D eigenvalue weighted by Crippen LogP contribution is -2.15. The summed E-state index contributed by atoms with van der Waals surface area (Å²) in [5, 5.41) is 2.93. The van der Waals surface area contributed by atoms with E-state index >= 15 is 0 Å². The Bertz CT molecular complexity index is 827. The van der Waals surface area contributed by atoms with Crippen LogP contribution in [0.2, 0.25) is 0 Å². The molecule has 2 aromatic heterocycles. The van der Waals surface area contributed by atoms with Crippen molar-refractivity contribution < 1.29 is 13.4 Å². The maximum Gasteiger partial charge on any atom is 0.257 e. The summed E-state index contributed by atoms with van der Waals surface area (Å²) in [7, 11) is -1.14. The van der Waals surface area contributed by atoms with E-state index in [-0.39, 0.29) is 11.0 Å². The molecule has 138 valence electrons. The van der Waals surface area contributed by atoms with Gasteiger partial charge in [-0.25, -0.2) is 9.97 Å². The molecule has 0 aromatic carbocycles. The number of nitrogens with zero attached hydrogens (tertiary/aromatic N) is 2. The first kappa shape index (κ1) is 18.8. The molecule has 1 fully saturated rings. The van der Waals surface area contributed by atoms with Crippen LogP contribution in [0, 0.1) is 11.0 Å². The molecule has 1 N–H and O–H groups in total. The summed E-state index contributed by atoms with van der Waals surface area (Å²) in [5.41, 5.74) is 1.15. The molecule has 3 rings (SSSR count). The molecule has 1 atom stereocenters. The minimum atomic E-state index is -1.14. The minimum absolute atomic E-state index is 0.224. The van der Waals surface area contributed by atoms with Crippen molar-refractivity contribution in [2.75, 3.05) is 11.1 Å². The van der Waals surface area contributed by atoms with E-state index in [4.69, 9.17) is 0 Å². The number of rotatable bonds is 6. The van der Waals surface area contributed by atoms with Crippen molar-refractivity contribution in [2.24, 2.45) is 5.92 Å². The Morgan fingerprint density at radius 1 is 1.35 bits per heavy atom. The number of thiazole rings is 1. The van der Waals surface area contributed by atoms with Gasteiger partial charge in [0.25, 0.3) is 5.91 Å². The lowest BCUT2D eigenvalue weighted by molar-refractivity contribution is -0.111. The summed E-state index contributed by atoms with van der Waals surface area (Å²) < 4.78 is 25.0. The number of aromatic nitrogens is 2. The summed E-state index contributed by atoms with van der Waals surface area (Å²) in [6.07, 6.45) is 9.03. The molecule has 2 heterocycles. The smallest absolute Gasteiger partial charge is 0.257 e. The highest BCUT2D eigenvalue weighted by Gasteiger charge is 2.20. The second kappa shape index (κ2) is 8.64. The third kappa shape index (κ3) is 4.62. The molecular weight excluding hydrogens is 373 g/mol. The van der Waals surface area contributed by atoms with E-state index < -0.39 is 15.9 Å². The minimum Gasteiger partial charge on any atom is -0.298 e. The van der Waals surface area contributed by atoms with Crippen LogP contribution in [-0.2, 0) is 15.6 Å². The van der Waals surface area contributed by atoms with Crippen LogP contribution in [0.1, 0.15) is 38.2 Å². The molecule has 8 heteroatoms. The third-order valence-corrected chi connectivity index (χ3v) is 6.22. The lowest BCUT2D eigenvalue weighted by Gasteiger charge is -2.11. The van der Waals surface area contributed by atoms with Crippen molar-refractivity contribution in [1.82, 2.24) is 9.97 Å². The van der Waals surface area contributed by atoms with E-state index in [1.165, 1.54) is 0 Å². The zero-order valence-corrected chi connectivity index (χ0v) is 16.0. The Balaban J connectivity index is 1.87. The first-order valence-corrected chi connectivity index (χ1v) is 10.7. The molecule has 0 spiro atoms. The van der Waals surface area contributed by atoms with Crippen molar-refractivity contribution >= 4 is 38.7 Å². The first-order chi connectivity index (χ1) is 12.6. The average molecular weight is 394 g/mol. The second-order valence-corrected chi connectivity index (χ2v) is 8.74. The molecular formula is C18H20FN3O2S2. The van der Waals surface area contributed by atoms with Crippen molar-refractivity contribution in [3.8, 4) is 0 Å². The van der Waals surface area contributed by atoms with E-state index in [1.807, 2.05) is 13.0 Å². The molecule has 1 amide bonds. The Kier molecular flexibility index (Phi) is 6.26. The van der Waals surface area contributed by atoms with Gasteiger partial charge < -0.3 is 0 Å². The number of nitrogens with one attached hydrogen (secondary N) is 1. The van der Waals surface area contributed by atoms with Crippen LogP contribution >= 0.6 is 11.3 Å². The first-order valence-electron chi connectivity index (χ1n) is 8.56. The van der Waals surface area contributed by atoms with Crippen LogP contribution < -0.4 is 5.32 Å². The lowest BCUT2D eigenvalue weighted by atomic mass is 9.99. The quantitative estimate of drug-likeness (QED) is 0.753. The van der Waals surface area contributed by atoms with Crippen molar-refractivity contribution in [3.63, 3.8) is 0 Å². The van der Waals surface area contributed by atoms with E-state index in [2.05, 4.69) is 15.3 Å². The van der Waals surface area contributed by atoms with Crippen LogP contribution in [0.3, 0.4) is 0 Å². The van der Waals surface area contributed by atoms with Crippen molar-refractivity contribution in [3.05, 3.63) is 41.3 Å². The van der Waals surface area contributed by atoms with Gasteiger partial charge in [-0.15, -0.1) is 0 Å². The number of amides is 1. The zero-order chi connectivity index (χ0) is 18.5. The van der Waals surface area contributed by atoms with Crippen LogP contribution in [-0.4, -0.2) is 25.8 Å². The highest BCUT2D eigenvalue weighted by Crippen LogP contribution is 2.30. The molecule has 1 unspecified atom stereocenters. The summed E-state index contributed by atoms with van der Waals surface area (Å²) in [6, 6.07) is 3.45. The second-order valence-electron chi connectivity index (χ2n) is 6.07. The largest absolute Gasteiger partial charge is 0.298 e. The fourth-order valence-electron chi connectivity index (χ4n) is 2.96. The Morgan fingerprint density at radius 2 is 2.12 bits per heavy atom. The number of hydrogen-bond acceptors (Lipinski definition) is 5. The highest BCUT2D eigenvalue weighted by molar-refractivity contribution is 7.84. The number of pyridine rings is 1. The van der Waals surface area contributed by atoms with Crippen molar-refractivity contribution in [1.29, 1.82) is 0 Å². The SMILES string of the molecule is CCS(=O)c1ccc(/C(=C\C2CCCC2)C(=O)Nc2ncc(F)s2)cn1. The topological polar surface area (TPSA) is 72.0 Å². The van der Waals surface area contributed by atoms with Gasteiger partial charge in [-0.05, 0) is 30.9 Å². The molecule has 5 nitrogen and oxygen atoms in total. The van der Waals surface area contributed by atoms with Gasteiger partial charge in [-0.1, -0.05) is 37.2 Å². The summed E-state index contributed by atoms with van der Waals surface area (Å²) in [6.45, 7) is 1.83. The fraction of sp³-hybridized carbons (Fsp3) is 0.389. The number of allylic oxidation sites excluding steroid dienone is 1. The van der Waals surface area contributed by atoms with Crippen LogP contribution in [0.4, 0.5) is 9.52 Å². The van der Waals surface area contributed by atoms with Crippen LogP contribution in [0.15, 0.2) is 35.6 Å². The maximum atomic E-state index is 13.1. The molecule has 2 aromatic rings. The van der Waals surface area contributed by atoms with Gasteiger partial charge in [0.05, 0.1) is 17.0 Å². The molecule has 0 saturated heterocycles. The Labute approximate surface area is 158 Å². The summed E-state index contributed by atoms with van der Waals surface area (Å²) in [4.78, 5) is 20.8. The van der Waals surface area contributed by atoms with Gasteiger partial charge in [0.1, 0.15) is 5.03 Å². The normalized spacial score (nSPS) is 16.6. The highest BCUT2D eigenvalue weighted by atomic mass is 32.2. The molecule has 1 aliphatic carbocycles. The molecule has 1 saturated carbocycles. The Hall–Kier alpha value is -1.93. The number of hydrogen-bond donors (Lipinski definition) is 1.